The van der Waals surface area contributed by atoms with Gasteiger partial charge < -0.3 is 13.7 Å². The predicted octanol–water partition coefficient (Wildman–Crippen LogP) is 17.1. The lowest BCUT2D eigenvalue weighted by Gasteiger charge is -2.35. The largest absolute Gasteiger partial charge is 0.456 e. The minimum Gasteiger partial charge on any atom is -0.456 e. The zero-order valence-corrected chi connectivity index (χ0v) is 35.4. The van der Waals surface area contributed by atoms with E-state index < -0.39 is 0 Å². The molecule has 0 unspecified atom stereocenters. The molecule has 0 N–H and O–H groups in total. The first-order valence-corrected chi connectivity index (χ1v) is 22.3. The van der Waals surface area contributed by atoms with Crippen molar-refractivity contribution in [3.05, 3.63) is 246 Å². The van der Waals surface area contributed by atoms with Crippen molar-refractivity contribution in [2.45, 2.75) is 12.8 Å². The van der Waals surface area contributed by atoms with Crippen LogP contribution in [0.2, 0.25) is 0 Å². The van der Waals surface area contributed by atoms with Crippen molar-refractivity contribution in [3.63, 3.8) is 0 Å². The van der Waals surface area contributed by atoms with E-state index in [2.05, 4.69) is 204 Å². The number of furan rings is 2. The quantitative estimate of drug-likeness (QED) is 0.118. The molecule has 2 heterocycles. The second-order valence-electron chi connectivity index (χ2n) is 16.9. The van der Waals surface area contributed by atoms with Crippen LogP contribution in [-0.4, -0.2) is 0 Å². The van der Waals surface area contributed by atoms with Gasteiger partial charge in [0.25, 0.3) is 0 Å². The highest BCUT2D eigenvalue weighted by Crippen LogP contribution is 2.52. The number of fused-ring (bicyclic) bond motifs is 9. The number of anilines is 2. The minimum atomic E-state index is 0.799. The SMILES string of the molecule is C1=C=C(c2ccccc2N(C2=CC(c3cccc4oc5ccccc5c34)=CCC2)c2c(-c3cccc(-c4ccccc4)c3)c3ccccc3c3ccccc23)c2oc3ccccc3c2C=1. The monoisotopic (exact) mass is 829 g/mol. The molecular formula is C62H39NO2. The van der Waals surface area contributed by atoms with Gasteiger partial charge in [0.15, 0.2) is 5.76 Å². The molecule has 304 valence electrons. The van der Waals surface area contributed by atoms with Crippen LogP contribution in [0, 0.1) is 0 Å². The third-order valence-electron chi connectivity index (χ3n) is 13.2. The molecule has 2 aliphatic carbocycles. The van der Waals surface area contributed by atoms with Gasteiger partial charge in [-0.2, -0.15) is 0 Å². The van der Waals surface area contributed by atoms with E-state index in [0.717, 1.165) is 90.7 Å². The summed E-state index contributed by atoms with van der Waals surface area (Å²) in [7, 11) is 0. The van der Waals surface area contributed by atoms with Gasteiger partial charge >= 0.3 is 0 Å². The highest BCUT2D eigenvalue weighted by molar-refractivity contribution is 6.22. The number of para-hydroxylation sites is 3. The molecule has 3 nitrogen and oxygen atoms in total. The van der Waals surface area contributed by atoms with E-state index >= 15 is 0 Å². The number of hydrogen-bond donors (Lipinski definition) is 0. The van der Waals surface area contributed by atoms with Crippen LogP contribution in [0.5, 0.6) is 0 Å². The standard InChI is InChI=1S/C62H39NO2/c1-2-18-40(19-3-1)41-20-14-22-43(38-41)59-50-28-6-4-24-46(50)47-25-5-7-29-51(47)61(59)63(44-23-15-21-42(39-44)45-31-17-37-58-60(45)54-30-10-13-36-57(54)64-58)55-34-11-8-26-48(55)52-32-16-33-53-49-27-9-12-35-56(49)65-62(52)53/h1-14,17-22,24-31,33-39H,15,23H2. The summed E-state index contributed by atoms with van der Waals surface area (Å²) in [5, 5.41) is 8.09. The molecule has 0 bridgehead atoms. The van der Waals surface area contributed by atoms with Gasteiger partial charge in [-0.3, -0.25) is 0 Å². The molecule has 9 aromatic carbocycles. The van der Waals surface area contributed by atoms with Gasteiger partial charge in [-0.1, -0.05) is 181 Å². The average molecular weight is 830 g/mol. The fourth-order valence-electron chi connectivity index (χ4n) is 10.3. The van der Waals surface area contributed by atoms with Crippen LogP contribution in [0.4, 0.5) is 11.4 Å². The van der Waals surface area contributed by atoms with Crippen molar-refractivity contribution in [1.29, 1.82) is 0 Å². The first-order valence-electron chi connectivity index (χ1n) is 22.3. The molecule has 2 aromatic heterocycles. The van der Waals surface area contributed by atoms with Crippen molar-refractivity contribution in [1.82, 2.24) is 0 Å². The third kappa shape index (κ3) is 6.00. The van der Waals surface area contributed by atoms with E-state index in [1.165, 1.54) is 49.5 Å². The number of nitrogens with zero attached hydrogens (tertiary/aromatic N) is 1. The Bertz CT molecular complexity index is 3920. The maximum Gasteiger partial charge on any atom is 0.152 e. The number of rotatable bonds is 7. The molecule has 3 heteroatoms. The zero-order chi connectivity index (χ0) is 42.8. The Morgan fingerprint density at radius 3 is 1.94 bits per heavy atom. The Kier molecular flexibility index (Phi) is 8.57. The fourth-order valence-corrected chi connectivity index (χ4v) is 10.3. The number of hydrogen-bond acceptors (Lipinski definition) is 3. The van der Waals surface area contributed by atoms with Crippen molar-refractivity contribution in [3.8, 4) is 22.3 Å². The summed E-state index contributed by atoms with van der Waals surface area (Å²) in [6.07, 6.45) is 8.48. The highest BCUT2D eigenvalue weighted by atomic mass is 16.3. The molecule has 0 saturated carbocycles. The molecule has 0 fully saturated rings. The van der Waals surface area contributed by atoms with Crippen LogP contribution in [0.3, 0.4) is 0 Å². The summed E-state index contributed by atoms with van der Waals surface area (Å²) >= 11 is 0. The lowest BCUT2D eigenvalue weighted by molar-refractivity contribution is 0.599. The molecule has 11 aromatic rings. The van der Waals surface area contributed by atoms with E-state index in [1.54, 1.807) is 0 Å². The van der Waals surface area contributed by atoms with Crippen LogP contribution in [-0.2, 0) is 0 Å². The lowest BCUT2D eigenvalue weighted by Crippen LogP contribution is -2.21. The number of allylic oxidation sites excluding steroid dienone is 4. The maximum atomic E-state index is 6.74. The summed E-state index contributed by atoms with van der Waals surface area (Å²) in [5.74, 6) is 0.799. The van der Waals surface area contributed by atoms with Gasteiger partial charge in [-0.15, -0.1) is 0 Å². The molecular weight excluding hydrogens is 791 g/mol. The van der Waals surface area contributed by atoms with E-state index in [1.807, 2.05) is 24.3 Å². The lowest BCUT2D eigenvalue weighted by atomic mass is 9.87. The second kappa shape index (κ2) is 15.1. The first-order chi connectivity index (χ1) is 32.3. The maximum absolute atomic E-state index is 6.74. The Hall–Kier alpha value is -8.58. The van der Waals surface area contributed by atoms with Gasteiger partial charge in [0, 0.05) is 50.0 Å². The van der Waals surface area contributed by atoms with Crippen molar-refractivity contribution in [2.24, 2.45) is 0 Å². The highest BCUT2D eigenvalue weighted by Gasteiger charge is 2.30. The molecule has 13 rings (SSSR count). The molecule has 2 aliphatic rings. The van der Waals surface area contributed by atoms with Crippen LogP contribution in [0.15, 0.2) is 232 Å². The fraction of sp³-hybridized carbons (Fsp3) is 0.0323. The molecule has 0 atom stereocenters. The molecule has 0 radical (unpaired) electrons. The van der Waals surface area contributed by atoms with E-state index in [4.69, 9.17) is 8.83 Å². The Labute approximate surface area is 376 Å². The van der Waals surface area contributed by atoms with Gasteiger partial charge in [0.2, 0.25) is 0 Å². The van der Waals surface area contributed by atoms with Gasteiger partial charge in [0.1, 0.15) is 16.7 Å². The predicted molar refractivity (Wildman–Crippen MR) is 270 cm³/mol. The van der Waals surface area contributed by atoms with Gasteiger partial charge in [0.05, 0.1) is 16.9 Å². The Balaban J connectivity index is 1.13. The molecule has 0 saturated heterocycles. The van der Waals surface area contributed by atoms with Gasteiger partial charge in [-0.05, 0) is 93.2 Å². The smallest absolute Gasteiger partial charge is 0.152 e. The summed E-state index contributed by atoms with van der Waals surface area (Å²) in [6.45, 7) is 0. The molecule has 0 spiro atoms. The van der Waals surface area contributed by atoms with Crippen LogP contribution in [0.25, 0.3) is 93.9 Å². The van der Waals surface area contributed by atoms with Crippen LogP contribution < -0.4 is 4.90 Å². The topological polar surface area (TPSA) is 29.5 Å². The zero-order valence-electron chi connectivity index (χ0n) is 35.4. The average Bonchev–Trinajstić information content (AvgIpc) is 3.96. The molecule has 0 amide bonds. The van der Waals surface area contributed by atoms with E-state index in [0.29, 0.717) is 0 Å². The van der Waals surface area contributed by atoms with Crippen LogP contribution >= 0.6 is 0 Å². The van der Waals surface area contributed by atoms with Crippen molar-refractivity contribution < 1.29 is 8.83 Å². The van der Waals surface area contributed by atoms with E-state index in [-0.39, 0.29) is 0 Å². The normalized spacial score (nSPS) is 13.4. The van der Waals surface area contributed by atoms with Crippen LogP contribution in [0.1, 0.15) is 35.3 Å². The summed E-state index contributed by atoms with van der Waals surface area (Å²) < 4.78 is 13.2. The van der Waals surface area contributed by atoms with Gasteiger partial charge in [-0.25, -0.2) is 0 Å². The Morgan fingerprint density at radius 1 is 0.477 bits per heavy atom. The third-order valence-corrected chi connectivity index (χ3v) is 13.2. The molecule has 0 aliphatic heterocycles. The second-order valence-corrected chi connectivity index (χ2v) is 16.9. The number of benzene rings is 9. The summed E-state index contributed by atoms with van der Waals surface area (Å²) in [5.41, 5.74) is 22.8. The summed E-state index contributed by atoms with van der Waals surface area (Å²) in [6, 6.07) is 69.4. The van der Waals surface area contributed by atoms with E-state index in [9.17, 15) is 0 Å². The first kappa shape index (κ1) is 37.0. The van der Waals surface area contributed by atoms with Crippen molar-refractivity contribution >= 4 is 83.0 Å². The molecule has 65 heavy (non-hydrogen) atoms. The Morgan fingerprint density at radius 2 is 1.09 bits per heavy atom. The summed E-state index contributed by atoms with van der Waals surface area (Å²) in [4.78, 5) is 2.56. The van der Waals surface area contributed by atoms with Crippen molar-refractivity contribution in [2.75, 3.05) is 4.90 Å². The minimum absolute atomic E-state index is 0.799.